The number of methoxy groups -OCH3 is 1. The van der Waals surface area contributed by atoms with Crippen LogP contribution in [0.4, 0.5) is 0 Å². The van der Waals surface area contributed by atoms with Crippen molar-refractivity contribution in [2.45, 2.75) is 56.9 Å². The minimum atomic E-state index is -0.211. The van der Waals surface area contributed by atoms with Gasteiger partial charge in [0.15, 0.2) is 0 Å². The van der Waals surface area contributed by atoms with Crippen molar-refractivity contribution in [3.05, 3.63) is 95.0 Å². The summed E-state index contributed by atoms with van der Waals surface area (Å²) in [5.41, 5.74) is 3.49. The number of rotatable bonds is 11. The number of likely N-dealkylation sites (tertiary alicyclic amines) is 1. The van der Waals surface area contributed by atoms with E-state index in [0.29, 0.717) is 17.0 Å². The van der Waals surface area contributed by atoms with Crippen LogP contribution in [-0.2, 0) is 14.9 Å². The summed E-state index contributed by atoms with van der Waals surface area (Å²) in [5.74, 6) is -0.198. The molecule has 4 rings (SSSR count). The van der Waals surface area contributed by atoms with Gasteiger partial charge in [-0.1, -0.05) is 79.2 Å². The summed E-state index contributed by atoms with van der Waals surface area (Å²) in [6.07, 6.45) is 5.06. The van der Waals surface area contributed by atoms with Crippen LogP contribution in [0.2, 0.25) is 5.02 Å². The van der Waals surface area contributed by atoms with Crippen LogP contribution in [-0.4, -0.2) is 49.6 Å². The first-order chi connectivity index (χ1) is 18.9. The Hall–Kier alpha value is -3.15. The van der Waals surface area contributed by atoms with Crippen molar-refractivity contribution in [2.75, 3.05) is 26.7 Å². The van der Waals surface area contributed by atoms with Gasteiger partial charge in [0.1, 0.15) is 0 Å². The molecule has 1 fully saturated rings. The van der Waals surface area contributed by atoms with Crippen molar-refractivity contribution in [1.29, 1.82) is 0 Å². The third-order valence-electron chi connectivity index (χ3n) is 8.13. The Morgan fingerprint density at radius 1 is 1.00 bits per heavy atom. The number of nitrogens with one attached hydrogen (secondary N) is 1. The molecular weight excluding hydrogens is 508 g/mol. The van der Waals surface area contributed by atoms with Gasteiger partial charge in [0.05, 0.1) is 13.5 Å². The molecule has 1 aliphatic heterocycles. The van der Waals surface area contributed by atoms with Crippen LogP contribution in [0.25, 0.3) is 11.1 Å². The molecule has 1 heterocycles. The van der Waals surface area contributed by atoms with E-state index in [1.165, 1.54) is 12.7 Å². The number of amides is 1. The van der Waals surface area contributed by atoms with Crippen molar-refractivity contribution in [1.82, 2.24) is 10.2 Å². The Bertz CT molecular complexity index is 1240. The topological polar surface area (TPSA) is 58.6 Å². The number of hydrogen-bond acceptors (Lipinski definition) is 4. The predicted octanol–water partition coefficient (Wildman–Crippen LogP) is 6.89. The number of carbonyl (C=O) groups excluding carboxylic acids is 2. The lowest BCUT2D eigenvalue weighted by Gasteiger charge is -2.35. The van der Waals surface area contributed by atoms with Gasteiger partial charge in [0.25, 0.3) is 5.91 Å². The van der Waals surface area contributed by atoms with E-state index in [1.54, 1.807) is 0 Å². The van der Waals surface area contributed by atoms with Crippen molar-refractivity contribution in [3.63, 3.8) is 0 Å². The van der Waals surface area contributed by atoms with E-state index in [2.05, 4.69) is 29.3 Å². The zero-order chi connectivity index (χ0) is 27.7. The summed E-state index contributed by atoms with van der Waals surface area (Å²) in [4.78, 5) is 28.0. The maximum absolute atomic E-state index is 13.2. The molecule has 0 bridgehead atoms. The van der Waals surface area contributed by atoms with Gasteiger partial charge in [0, 0.05) is 35.1 Å². The molecule has 1 N–H and O–H groups in total. The summed E-state index contributed by atoms with van der Waals surface area (Å²) in [6.45, 7) is 5.04. The summed E-state index contributed by atoms with van der Waals surface area (Å²) >= 11 is 6.20. The summed E-state index contributed by atoms with van der Waals surface area (Å²) in [7, 11) is 1.46. The van der Waals surface area contributed by atoms with E-state index in [-0.39, 0.29) is 23.3 Å². The van der Waals surface area contributed by atoms with Crippen LogP contribution in [0.1, 0.15) is 61.4 Å². The van der Waals surface area contributed by atoms with E-state index in [0.717, 1.165) is 62.9 Å². The van der Waals surface area contributed by atoms with Gasteiger partial charge < -0.3 is 15.0 Å². The van der Waals surface area contributed by atoms with Gasteiger partial charge in [-0.2, -0.15) is 0 Å². The minimum absolute atomic E-state index is 0.0394. The molecule has 1 unspecified atom stereocenters. The third kappa shape index (κ3) is 7.49. The molecule has 0 radical (unpaired) electrons. The molecule has 1 atom stereocenters. The highest BCUT2D eigenvalue weighted by atomic mass is 35.5. The molecular formula is C33H39ClN2O3. The van der Waals surface area contributed by atoms with Gasteiger partial charge in [-0.3, -0.25) is 9.59 Å². The molecule has 0 aliphatic carbocycles. The number of hydrogen-bond donors (Lipinski definition) is 1. The maximum atomic E-state index is 13.2. The lowest BCUT2D eigenvalue weighted by atomic mass is 9.72. The van der Waals surface area contributed by atoms with Crippen LogP contribution < -0.4 is 5.32 Å². The quantitative estimate of drug-likeness (QED) is 0.266. The predicted molar refractivity (Wildman–Crippen MR) is 158 cm³/mol. The molecule has 3 aromatic rings. The second-order valence-electron chi connectivity index (χ2n) is 10.5. The van der Waals surface area contributed by atoms with Crippen molar-refractivity contribution >= 4 is 23.5 Å². The average Bonchev–Trinajstić information content (AvgIpc) is 2.98. The highest BCUT2D eigenvalue weighted by Gasteiger charge is 2.33. The summed E-state index contributed by atoms with van der Waals surface area (Å²) < 4.78 is 5.05. The molecule has 206 valence electrons. The Kier molecular flexibility index (Phi) is 10.2. The standard InChI is InChI=1S/C33H39ClN2O3/c1-3-33(24-31(37)39-2,26-12-5-4-6-13-26)19-10-20-36-21-17-28(18-22-36)35-32(38)30-16-8-7-15-29(30)25-11-9-14-27(34)23-25/h4-9,11-16,23,28H,3,10,17-22,24H2,1-2H3,(H,35,38). The summed E-state index contributed by atoms with van der Waals surface area (Å²) in [5, 5.41) is 3.92. The molecule has 1 saturated heterocycles. The number of piperidine rings is 1. The molecule has 0 spiro atoms. The highest BCUT2D eigenvalue weighted by molar-refractivity contribution is 6.30. The largest absolute Gasteiger partial charge is 0.469 e. The van der Waals surface area contributed by atoms with Crippen LogP contribution in [0.3, 0.4) is 0 Å². The first kappa shape index (κ1) is 28.8. The molecule has 0 aromatic heterocycles. The molecule has 3 aromatic carbocycles. The zero-order valence-electron chi connectivity index (χ0n) is 23.0. The fraction of sp³-hybridized carbons (Fsp3) is 0.394. The molecule has 39 heavy (non-hydrogen) atoms. The van der Waals surface area contributed by atoms with Gasteiger partial charge >= 0.3 is 5.97 Å². The van der Waals surface area contributed by atoms with E-state index in [1.807, 2.05) is 66.7 Å². The number of benzene rings is 3. The number of ether oxygens (including phenoxy) is 1. The Morgan fingerprint density at radius 2 is 1.72 bits per heavy atom. The second kappa shape index (κ2) is 13.8. The van der Waals surface area contributed by atoms with Crippen molar-refractivity contribution < 1.29 is 14.3 Å². The summed E-state index contributed by atoms with van der Waals surface area (Å²) in [6, 6.07) is 25.8. The lowest BCUT2D eigenvalue weighted by molar-refractivity contribution is -0.142. The first-order valence-corrected chi connectivity index (χ1v) is 14.3. The van der Waals surface area contributed by atoms with E-state index >= 15 is 0 Å². The Balaban J connectivity index is 1.31. The normalized spacial score (nSPS) is 15.9. The molecule has 1 aliphatic rings. The van der Waals surface area contributed by atoms with Crippen molar-refractivity contribution in [3.8, 4) is 11.1 Å². The fourth-order valence-electron chi connectivity index (χ4n) is 5.77. The molecule has 1 amide bonds. The smallest absolute Gasteiger partial charge is 0.306 e. The van der Waals surface area contributed by atoms with Crippen LogP contribution >= 0.6 is 11.6 Å². The van der Waals surface area contributed by atoms with Gasteiger partial charge in [-0.05, 0) is 73.5 Å². The zero-order valence-corrected chi connectivity index (χ0v) is 23.8. The first-order valence-electron chi connectivity index (χ1n) is 13.9. The van der Waals surface area contributed by atoms with Crippen LogP contribution in [0.5, 0.6) is 0 Å². The van der Waals surface area contributed by atoms with Gasteiger partial charge in [-0.15, -0.1) is 0 Å². The van der Waals surface area contributed by atoms with E-state index in [9.17, 15) is 9.59 Å². The third-order valence-corrected chi connectivity index (χ3v) is 8.37. The van der Waals surface area contributed by atoms with Crippen molar-refractivity contribution in [2.24, 2.45) is 0 Å². The Morgan fingerprint density at radius 3 is 2.41 bits per heavy atom. The van der Waals surface area contributed by atoms with Crippen LogP contribution in [0.15, 0.2) is 78.9 Å². The maximum Gasteiger partial charge on any atom is 0.306 e. The van der Waals surface area contributed by atoms with Crippen LogP contribution in [0, 0.1) is 0 Å². The van der Waals surface area contributed by atoms with E-state index < -0.39 is 0 Å². The SMILES string of the molecule is CCC(CCCN1CCC(NC(=O)c2ccccc2-c2cccc(Cl)c2)CC1)(CC(=O)OC)c1ccccc1. The van der Waals surface area contributed by atoms with Gasteiger partial charge in [0.2, 0.25) is 0 Å². The molecule has 5 nitrogen and oxygen atoms in total. The fourth-order valence-corrected chi connectivity index (χ4v) is 5.97. The lowest BCUT2D eigenvalue weighted by Crippen LogP contribution is -2.45. The van der Waals surface area contributed by atoms with Gasteiger partial charge in [-0.25, -0.2) is 0 Å². The monoisotopic (exact) mass is 546 g/mol. The molecule has 6 heteroatoms. The van der Waals surface area contributed by atoms with E-state index in [4.69, 9.17) is 16.3 Å². The minimum Gasteiger partial charge on any atom is -0.469 e. The number of esters is 1. The number of carbonyl (C=O) groups is 2. The second-order valence-corrected chi connectivity index (χ2v) is 10.9. The molecule has 0 saturated carbocycles. The number of halogens is 1. The Labute approximate surface area is 237 Å². The highest BCUT2D eigenvalue weighted by Crippen LogP contribution is 2.37. The number of nitrogens with zero attached hydrogens (tertiary/aromatic N) is 1. The average molecular weight is 547 g/mol.